The summed E-state index contributed by atoms with van der Waals surface area (Å²) >= 11 is 0. The van der Waals surface area contributed by atoms with Crippen molar-refractivity contribution in [2.24, 2.45) is 11.3 Å². The molecule has 0 aromatic heterocycles. The van der Waals surface area contributed by atoms with Gasteiger partial charge in [0.05, 0.1) is 0 Å². The number of hydrogen-bond acceptors (Lipinski definition) is 2. The van der Waals surface area contributed by atoms with Crippen molar-refractivity contribution in [2.45, 2.75) is 46.0 Å². The molecule has 1 aromatic carbocycles. The number of rotatable bonds is 6. The highest BCUT2D eigenvalue weighted by Gasteiger charge is 2.34. The van der Waals surface area contributed by atoms with Crippen molar-refractivity contribution in [3.05, 3.63) is 35.9 Å². The van der Waals surface area contributed by atoms with Crippen LogP contribution in [0.4, 0.5) is 0 Å². The Morgan fingerprint density at radius 3 is 2.35 bits per heavy atom. The minimum atomic E-state index is -0.840. The van der Waals surface area contributed by atoms with Gasteiger partial charge in [-0.05, 0) is 37.2 Å². The van der Waals surface area contributed by atoms with Gasteiger partial charge in [0, 0.05) is 24.9 Å². The number of carboxylic acid groups (broad SMARTS) is 1. The first-order chi connectivity index (χ1) is 10.9. The molecular weight excluding hydrogens is 290 g/mol. The second kappa shape index (κ2) is 7.62. The lowest BCUT2D eigenvalue weighted by molar-refractivity contribution is -0.143. The number of carbonyl (C=O) groups excluding carboxylic acids is 1. The molecule has 1 aromatic rings. The van der Waals surface area contributed by atoms with Crippen LogP contribution in [0.5, 0.6) is 0 Å². The maximum Gasteiger partial charge on any atom is 0.303 e. The molecule has 0 aliphatic carbocycles. The highest BCUT2D eigenvalue weighted by Crippen LogP contribution is 2.29. The molecule has 23 heavy (non-hydrogen) atoms. The zero-order chi connectivity index (χ0) is 16.9. The van der Waals surface area contributed by atoms with E-state index in [9.17, 15) is 9.59 Å². The summed E-state index contributed by atoms with van der Waals surface area (Å²) in [5, 5.41) is 8.82. The SMILES string of the molecule is CC(C)(CCC(=O)O)C(=O)N1CCC(Cc2ccccc2)CC1. The van der Waals surface area contributed by atoms with Crippen molar-refractivity contribution in [3.8, 4) is 0 Å². The number of piperidine rings is 1. The molecule has 1 saturated heterocycles. The number of aliphatic carboxylic acids is 1. The van der Waals surface area contributed by atoms with E-state index in [1.807, 2.05) is 24.8 Å². The van der Waals surface area contributed by atoms with E-state index in [1.54, 1.807) is 0 Å². The van der Waals surface area contributed by atoms with Gasteiger partial charge in [-0.2, -0.15) is 0 Å². The first-order valence-electron chi connectivity index (χ1n) is 8.43. The van der Waals surface area contributed by atoms with Gasteiger partial charge < -0.3 is 10.0 Å². The predicted molar refractivity (Wildman–Crippen MR) is 90.1 cm³/mol. The van der Waals surface area contributed by atoms with Crippen LogP contribution in [-0.2, 0) is 16.0 Å². The standard InChI is InChI=1S/C19H27NO3/c1-19(2,11-8-17(21)22)18(23)20-12-9-16(10-13-20)14-15-6-4-3-5-7-15/h3-7,16H,8-14H2,1-2H3,(H,21,22). The number of carbonyl (C=O) groups is 2. The quantitative estimate of drug-likeness (QED) is 0.875. The normalized spacial score (nSPS) is 16.3. The molecule has 4 heteroatoms. The fourth-order valence-corrected chi connectivity index (χ4v) is 3.24. The molecule has 126 valence electrons. The molecule has 1 fully saturated rings. The van der Waals surface area contributed by atoms with E-state index in [0.717, 1.165) is 32.4 Å². The number of amides is 1. The third-order valence-corrected chi connectivity index (χ3v) is 4.81. The summed E-state index contributed by atoms with van der Waals surface area (Å²) in [5.74, 6) is -0.118. The van der Waals surface area contributed by atoms with Crippen LogP contribution in [-0.4, -0.2) is 35.0 Å². The first kappa shape index (κ1) is 17.5. The van der Waals surface area contributed by atoms with Crippen LogP contribution >= 0.6 is 0 Å². The van der Waals surface area contributed by atoms with Crippen LogP contribution in [0.15, 0.2) is 30.3 Å². The summed E-state index contributed by atoms with van der Waals surface area (Å²) in [6, 6.07) is 10.5. The fourth-order valence-electron chi connectivity index (χ4n) is 3.24. The number of carboxylic acids is 1. The van der Waals surface area contributed by atoms with E-state index in [0.29, 0.717) is 12.3 Å². The summed E-state index contributed by atoms with van der Waals surface area (Å²) in [5.41, 5.74) is 0.768. The van der Waals surface area contributed by atoms with E-state index < -0.39 is 11.4 Å². The largest absolute Gasteiger partial charge is 0.481 e. The maximum absolute atomic E-state index is 12.6. The van der Waals surface area contributed by atoms with Gasteiger partial charge in [-0.15, -0.1) is 0 Å². The Bertz CT molecular complexity index is 531. The minimum absolute atomic E-state index is 0.0449. The molecule has 0 unspecified atom stereocenters. The molecule has 4 nitrogen and oxygen atoms in total. The molecule has 0 saturated carbocycles. The second-order valence-electron chi connectivity index (χ2n) is 7.20. The molecule has 1 aliphatic heterocycles. The molecule has 0 bridgehead atoms. The van der Waals surface area contributed by atoms with E-state index in [1.165, 1.54) is 5.56 Å². The summed E-state index contributed by atoms with van der Waals surface area (Å²) in [6.07, 6.45) is 3.56. The molecule has 0 spiro atoms. The Hall–Kier alpha value is -1.84. The van der Waals surface area contributed by atoms with Gasteiger partial charge >= 0.3 is 5.97 Å². The van der Waals surface area contributed by atoms with Crippen molar-refractivity contribution < 1.29 is 14.7 Å². The average molecular weight is 317 g/mol. The minimum Gasteiger partial charge on any atom is -0.481 e. The monoisotopic (exact) mass is 317 g/mol. The lowest BCUT2D eigenvalue weighted by atomic mass is 9.84. The van der Waals surface area contributed by atoms with Gasteiger partial charge in [-0.25, -0.2) is 0 Å². The van der Waals surface area contributed by atoms with E-state index in [-0.39, 0.29) is 12.3 Å². The molecule has 1 heterocycles. The molecule has 0 radical (unpaired) electrons. The predicted octanol–water partition coefficient (Wildman–Crippen LogP) is 3.36. The summed E-state index contributed by atoms with van der Waals surface area (Å²) < 4.78 is 0. The number of hydrogen-bond donors (Lipinski definition) is 1. The maximum atomic E-state index is 12.6. The van der Waals surface area contributed by atoms with Crippen LogP contribution in [0.3, 0.4) is 0 Å². The third-order valence-electron chi connectivity index (χ3n) is 4.81. The lowest BCUT2D eigenvalue weighted by Gasteiger charge is -2.37. The zero-order valence-electron chi connectivity index (χ0n) is 14.1. The fraction of sp³-hybridized carbons (Fsp3) is 0.579. The zero-order valence-corrected chi connectivity index (χ0v) is 14.1. The molecule has 1 N–H and O–H groups in total. The smallest absolute Gasteiger partial charge is 0.303 e. The number of likely N-dealkylation sites (tertiary alicyclic amines) is 1. The van der Waals surface area contributed by atoms with E-state index >= 15 is 0 Å². The molecular formula is C19H27NO3. The van der Waals surface area contributed by atoms with Gasteiger partial charge in [-0.1, -0.05) is 44.2 Å². The van der Waals surface area contributed by atoms with Crippen molar-refractivity contribution >= 4 is 11.9 Å². The molecule has 2 rings (SSSR count). The summed E-state index contributed by atoms with van der Waals surface area (Å²) in [7, 11) is 0. The first-order valence-corrected chi connectivity index (χ1v) is 8.43. The Labute approximate surface area is 138 Å². The van der Waals surface area contributed by atoms with Crippen molar-refractivity contribution in [2.75, 3.05) is 13.1 Å². The number of nitrogens with zero attached hydrogens (tertiary/aromatic N) is 1. The Morgan fingerprint density at radius 1 is 1.17 bits per heavy atom. The Balaban J connectivity index is 1.83. The highest BCUT2D eigenvalue weighted by molar-refractivity contribution is 5.82. The van der Waals surface area contributed by atoms with Gasteiger partial charge in [0.2, 0.25) is 5.91 Å². The lowest BCUT2D eigenvalue weighted by Crippen LogP contribution is -2.45. The Morgan fingerprint density at radius 2 is 1.78 bits per heavy atom. The van der Waals surface area contributed by atoms with Gasteiger partial charge in [-0.3, -0.25) is 9.59 Å². The van der Waals surface area contributed by atoms with Crippen LogP contribution in [0.1, 0.15) is 45.1 Å². The second-order valence-corrected chi connectivity index (χ2v) is 7.20. The van der Waals surface area contributed by atoms with Crippen LogP contribution in [0.2, 0.25) is 0 Å². The van der Waals surface area contributed by atoms with Crippen molar-refractivity contribution in [1.82, 2.24) is 4.90 Å². The average Bonchev–Trinajstić information content (AvgIpc) is 2.54. The number of benzene rings is 1. The Kier molecular flexibility index (Phi) is 5.80. The molecule has 1 aliphatic rings. The molecule has 1 amide bonds. The molecule has 0 atom stereocenters. The van der Waals surface area contributed by atoms with Crippen LogP contribution in [0.25, 0.3) is 0 Å². The van der Waals surface area contributed by atoms with Gasteiger partial charge in [0.25, 0.3) is 0 Å². The highest BCUT2D eigenvalue weighted by atomic mass is 16.4. The summed E-state index contributed by atoms with van der Waals surface area (Å²) in [4.78, 5) is 25.3. The van der Waals surface area contributed by atoms with Gasteiger partial charge in [0.15, 0.2) is 0 Å². The van der Waals surface area contributed by atoms with Crippen LogP contribution < -0.4 is 0 Å². The van der Waals surface area contributed by atoms with Gasteiger partial charge in [0.1, 0.15) is 0 Å². The van der Waals surface area contributed by atoms with Crippen molar-refractivity contribution in [3.63, 3.8) is 0 Å². The van der Waals surface area contributed by atoms with E-state index in [2.05, 4.69) is 24.3 Å². The van der Waals surface area contributed by atoms with E-state index in [4.69, 9.17) is 5.11 Å². The van der Waals surface area contributed by atoms with Crippen LogP contribution in [0, 0.1) is 11.3 Å². The summed E-state index contributed by atoms with van der Waals surface area (Å²) in [6.45, 7) is 5.28. The van der Waals surface area contributed by atoms with Crippen molar-refractivity contribution in [1.29, 1.82) is 0 Å². The third kappa shape index (κ3) is 5.08. The topological polar surface area (TPSA) is 57.6 Å².